The van der Waals surface area contributed by atoms with E-state index >= 15 is 0 Å². The minimum absolute atomic E-state index is 0.0844. The lowest BCUT2D eigenvalue weighted by atomic mass is 9.99. The number of fused-ring (bicyclic) bond motifs is 1. The number of nitro benzene ring substituents is 1. The molecule has 156 valence electrons. The molecule has 0 radical (unpaired) electrons. The number of hydrogen-bond acceptors (Lipinski definition) is 5. The van der Waals surface area contributed by atoms with Crippen LogP contribution in [0.15, 0.2) is 41.3 Å². The zero-order valence-corrected chi connectivity index (χ0v) is 17.9. The van der Waals surface area contributed by atoms with Gasteiger partial charge in [-0.3, -0.25) is 15.0 Å². The van der Waals surface area contributed by atoms with Crippen LogP contribution in [-0.2, 0) is 23.0 Å². The van der Waals surface area contributed by atoms with E-state index in [9.17, 15) is 18.5 Å². The normalized spacial score (nSPS) is 14.6. The van der Waals surface area contributed by atoms with E-state index in [1.807, 2.05) is 6.07 Å². The van der Waals surface area contributed by atoms with Crippen molar-refractivity contribution in [1.82, 2.24) is 9.62 Å². The van der Waals surface area contributed by atoms with Gasteiger partial charge in [0.25, 0.3) is 5.69 Å². The molecule has 0 unspecified atom stereocenters. The Labute approximate surface area is 179 Å². The van der Waals surface area contributed by atoms with Crippen molar-refractivity contribution in [3.8, 4) is 0 Å². The van der Waals surface area contributed by atoms with Crippen molar-refractivity contribution in [2.45, 2.75) is 30.7 Å². The summed E-state index contributed by atoms with van der Waals surface area (Å²) in [5.74, 6) is 0. The predicted molar refractivity (Wildman–Crippen MR) is 113 cm³/mol. The Morgan fingerprint density at radius 1 is 1.07 bits per heavy atom. The molecule has 0 aromatic heterocycles. The number of unbranched alkanes of at least 4 members (excludes halogenated alkanes) is 1. The van der Waals surface area contributed by atoms with Crippen LogP contribution < -0.4 is 4.72 Å². The van der Waals surface area contributed by atoms with Gasteiger partial charge in [0.1, 0.15) is 0 Å². The molecule has 0 aliphatic carbocycles. The third-order valence-corrected chi connectivity index (χ3v) is 7.08. The highest BCUT2D eigenvalue weighted by Gasteiger charge is 2.19. The third kappa shape index (κ3) is 5.67. The van der Waals surface area contributed by atoms with Crippen LogP contribution >= 0.6 is 23.2 Å². The third-order valence-electron chi connectivity index (χ3n) is 4.89. The van der Waals surface area contributed by atoms with Gasteiger partial charge in [-0.15, -0.1) is 0 Å². The lowest BCUT2D eigenvalue weighted by molar-refractivity contribution is -0.385. The minimum atomic E-state index is -3.63. The average molecular weight is 458 g/mol. The zero-order chi connectivity index (χ0) is 21.0. The van der Waals surface area contributed by atoms with Crippen molar-refractivity contribution in [1.29, 1.82) is 0 Å². The Morgan fingerprint density at radius 2 is 1.86 bits per heavy atom. The van der Waals surface area contributed by atoms with Gasteiger partial charge in [-0.05, 0) is 55.1 Å². The molecule has 0 atom stereocenters. The number of non-ortho nitro benzene ring substituents is 1. The van der Waals surface area contributed by atoms with E-state index in [1.165, 1.54) is 18.2 Å². The summed E-state index contributed by atoms with van der Waals surface area (Å²) < 4.78 is 27.2. The van der Waals surface area contributed by atoms with E-state index in [0.29, 0.717) is 24.5 Å². The maximum atomic E-state index is 12.3. The fourth-order valence-electron chi connectivity index (χ4n) is 3.30. The summed E-state index contributed by atoms with van der Waals surface area (Å²) in [4.78, 5) is 12.9. The highest BCUT2D eigenvalue weighted by atomic mass is 35.5. The first-order chi connectivity index (χ1) is 13.8. The summed E-state index contributed by atoms with van der Waals surface area (Å²) in [7, 11) is -3.63. The molecular formula is C19H21Cl2N3O4S. The molecule has 1 aliphatic rings. The van der Waals surface area contributed by atoms with E-state index in [0.717, 1.165) is 37.1 Å². The summed E-state index contributed by atoms with van der Waals surface area (Å²) in [5, 5.41) is 11.5. The van der Waals surface area contributed by atoms with Gasteiger partial charge in [0, 0.05) is 31.8 Å². The highest BCUT2D eigenvalue weighted by molar-refractivity contribution is 7.89. The molecule has 0 saturated heterocycles. The molecule has 7 nitrogen and oxygen atoms in total. The van der Waals surface area contributed by atoms with Gasteiger partial charge in [0.15, 0.2) is 0 Å². The molecule has 0 amide bonds. The molecule has 2 aromatic rings. The molecule has 0 bridgehead atoms. The Morgan fingerprint density at radius 3 is 2.59 bits per heavy atom. The fraction of sp³-hybridized carbons (Fsp3) is 0.368. The van der Waals surface area contributed by atoms with Crippen LogP contribution in [0.5, 0.6) is 0 Å². The molecule has 10 heteroatoms. The van der Waals surface area contributed by atoms with Crippen molar-refractivity contribution in [2.75, 3.05) is 19.6 Å². The Hall–Kier alpha value is -1.71. The van der Waals surface area contributed by atoms with Gasteiger partial charge >= 0.3 is 0 Å². The second-order valence-electron chi connectivity index (χ2n) is 6.92. The Bertz CT molecular complexity index is 1010. The van der Waals surface area contributed by atoms with E-state index < -0.39 is 10.0 Å². The number of nitro groups is 1. The predicted octanol–water partition coefficient (Wildman–Crippen LogP) is 4.02. The molecule has 0 saturated carbocycles. The maximum Gasteiger partial charge on any atom is 0.269 e. The van der Waals surface area contributed by atoms with E-state index in [1.54, 1.807) is 12.1 Å². The molecule has 0 spiro atoms. The fourth-order valence-corrected chi connectivity index (χ4v) is 4.76. The second-order valence-corrected chi connectivity index (χ2v) is 9.50. The second kappa shape index (κ2) is 9.40. The Kier molecular flexibility index (Phi) is 7.13. The van der Waals surface area contributed by atoms with Crippen molar-refractivity contribution < 1.29 is 13.3 Å². The number of nitrogens with zero attached hydrogens (tertiary/aromatic N) is 2. The molecular weight excluding hydrogens is 437 g/mol. The van der Waals surface area contributed by atoms with E-state index in [-0.39, 0.29) is 20.5 Å². The highest BCUT2D eigenvalue weighted by Crippen LogP contribution is 2.25. The van der Waals surface area contributed by atoms with Crippen LogP contribution in [0.2, 0.25) is 10.0 Å². The lowest BCUT2D eigenvalue weighted by Gasteiger charge is -2.28. The van der Waals surface area contributed by atoms with Crippen molar-refractivity contribution in [2.24, 2.45) is 0 Å². The van der Waals surface area contributed by atoms with Gasteiger partial charge < -0.3 is 0 Å². The number of hydrogen-bond donors (Lipinski definition) is 1. The van der Waals surface area contributed by atoms with Crippen molar-refractivity contribution in [3.63, 3.8) is 0 Å². The summed E-state index contributed by atoms with van der Waals surface area (Å²) in [6.45, 7) is 2.68. The standard InChI is InChI=1S/C19H21Cl2N3O4S/c20-18-6-5-17(12-19(18)21)29(27,28)22-8-1-2-9-23-10-7-14-3-4-16(24(25)26)11-15(14)13-23/h3-6,11-12,22H,1-2,7-10,13H2. The molecule has 3 rings (SSSR count). The van der Waals surface area contributed by atoms with Crippen LogP contribution in [0.4, 0.5) is 5.69 Å². The topological polar surface area (TPSA) is 92.6 Å². The molecule has 1 N–H and O–H groups in total. The monoisotopic (exact) mass is 457 g/mol. The van der Waals surface area contributed by atoms with Crippen LogP contribution in [-0.4, -0.2) is 37.9 Å². The largest absolute Gasteiger partial charge is 0.299 e. The maximum absolute atomic E-state index is 12.3. The molecule has 1 heterocycles. The van der Waals surface area contributed by atoms with Gasteiger partial charge in [-0.1, -0.05) is 29.3 Å². The van der Waals surface area contributed by atoms with Crippen LogP contribution in [0.3, 0.4) is 0 Å². The van der Waals surface area contributed by atoms with Gasteiger partial charge in [-0.25, -0.2) is 13.1 Å². The van der Waals surface area contributed by atoms with Gasteiger partial charge in [-0.2, -0.15) is 0 Å². The van der Waals surface area contributed by atoms with Gasteiger partial charge in [0.2, 0.25) is 10.0 Å². The average Bonchev–Trinajstić information content (AvgIpc) is 2.69. The number of nitrogens with one attached hydrogen (secondary N) is 1. The van der Waals surface area contributed by atoms with Crippen molar-refractivity contribution >= 4 is 38.9 Å². The summed E-state index contributed by atoms with van der Waals surface area (Å²) in [5.41, 5.74) is 2.26. The Balaban J connectivity index is 1.45. The van der Waals surface area contributed by atoms with Crippen molar-refractivity contribution in [3.05, 3.63) is 67.7 Å². The number of benzene rings is 2. The molecule has 29 heavy (non-hydrogen) atoms. The van der Waals surface area contributed by atoms with E-state index in [4.69, 9.17) is 23.2 Å². The van der Waals surface area contributed by atoms with Crippen LogP contribution in [0.25, 0.3) is 0 Å². The summed E-state index contributed by atoms with van der Waals surface area (Å²) >= 11 is 11.7. The van der Waals surface area contributed by atoms with E-state index in [2.05, 4.69) is 9.62 Å². The first-order valence-electron chi connectivity index (χ1n) is 9.19. The first kappa shape index (κ1) is 22.0. The number of rotatable bonds is 8. The SMILES string of the molecule is O=[N+]([O-])c1ccc2c(c1)CN(CCCCNS(=O)(=O)c1ccc(Cl)c(Cl)c1)CC2. The summed E-state index contributed by atoms with van der Waals surface area (Å²) in [6.07, 6.45) is 2.35. The first-order valence-corrected chi connectivity index (χ1v) is 11.4. The molecule has 1 aliphatic heterocycles. The lowest BCUT2D eigenvalue weighted by Crippen LogP contribution is -2.32. The van der Waals surface area contributed by atoms with Crippen LogP contribution in [0.1, 0.15) is 24.0 Å². The number of sulfonamides is 1. The minimum Gasteiger partial charge on any atom is -0.299 e. The summed E-state index contributed by atoms with van der Waals surface area (Å²) in [6, 6.07) is 9.23. The number of halogens is 2. The van der Waals surface area contributed by atoms with Gasteiger partial charge in [0.05, 0.1) is 19.9 Å². The van der Waals surface area contributed by atoms with Crippen LogP contribution in [0, 0.1) is 10.1 Å². The quantitative estimate of drug-likeness (QED) is 0.367. The smallest absolute Gasteiger partial charge is 0.269 e. The molecule has 0 fully saturated rings. The molecule has 2 aromatic carbocycles. The zero-order valence-electron chi connectivity index (χ0n) is 15.6.